The minimum Gasteiger partial charge on any atom is -0.339 e. The Morgan fingerprint density at radius 1 is 1.29 bits per heavy atom. The number of fused-ring (bicyclic) bond motifs is 1. The third kappa shape index (κ3) is 2.69. The normalized spacial score (nSPS) is 12.7. The highest BCUT2D eigenvalue weighted by Gasteiger charge is 2.19. The third-order valence-electron chi connectivity index (χ3n) is 3.46. The number of nitrogens with zero attached hydrogens (tertiary/aromatic N) is 3. The van der Waals surface area contributed by atoms with E-state index in [0.29, 0.717) is 24.0 Å². The van der Waals surface area contributed by atoms with Gasteiger partial charge in [0, 0.05) is 16.4 Å². The number of hydrogen-bond acceptors (Lipinski definition) is 5. The molecule has 0 aliphatic carbocycles. The van der Waals surface area contributed by atoms with Crippen molar-refractivity contribution in [3.8, 4) is 11.5 Å². The van der Waals surface area contributed by atoms with Crippen LogP contribution in [0.1, 0.15) is 25.2 Å². The van der Waals surface area contributed by atoms with E-state index in [-0.39, 0.29) is 5.92 Å². The van der Waals surface area contributed by atoms with E-state index in [1.807, 2.05) is 37.3 Å². The van der Waals surface area contributed by atoms with Gasteiger partial charge >= 0.3 is 0 Å². The molecule has 0 radical (unpaired) electrons. The monoisotopic (exact) mass is 346 g/mol. The Morgan fingerprint density at radius 2 is 2.10 bits per heavy atom. The van der Waals surface area contributed by atoms with Gasteiger partial charge in [0.05, 0.1) is 11.4 Å². The van der Waals surface area contributed by atoms with Gasteiger partial charge in [-0.15, -0.1) is 0 Å². The van der Waals surface area contributed by atoms with Crippen molar-refractivity contribution < 1.29 is 4.52 Å². The Balaban J connectivity index is 2.06. The van der Waals surface area contributed by atoms with Crippen LogP contribution in [0.15, 0.2) is 39.3 Å². The van der Waals surface area contributed by atoms with E-state index >= 15 is 0 Å². The van der Waals surface area contributed by atoms with Crippen LogP contribution in [-0.4, -0.2) is 21.7 Å². The average molecular weight is 347 g/mol. The van der Waals surface area contributed by atoms with Crippen molar-refractivity contribution in [2.75, 3.05) is 6.54 Å². The zero-order chi connectivity index (χ0) is 14.8. The van der Waals surface area contributed by atoms with Gasteiger partial charge in [-0.05, 0) is 34.5 Å². The van der Waals surface area contributed by atoms with E-state index in [1.54, 1.807) is 0 Å². The highest BCUT2D eigenvalue weighted by atomic mass is 79.9. The number of pyridine rings is 1. The Hall–Kier alpha value is -1.79. The quantitative estimate of drug-likeness (QED) is 0.782. The molecular weight excluding hydrogens is 332 g/mol. The van der Waals surface area contributed by atoms with Crippen molar-refractivity contribution in [2.45, 2.75) is 19.3 Å². The summed E-state index contributed by atoms with van der Waals surface area (Å²) in [4.78, 5) is 9.05. The molecule has 0 fully saturated rings. The average Bonchev–Trinajstić information content (AvgIpc) is 2.97. The largest absolute Gasteiger partial charge is 0.339 e. The smallest absolute Gasteiger partial charge is 0.231 e. The van der Waals surface area contributed by atoms with Crippen molar-refractivity contribution in [3.05, 3.63) is 40.7 Å². The predicted molar refractivity (Wildman–Crippen MR) is 84.8 cm³/mol. The van der Waals surface area contributed by atoms with E-state index in [1.165, 1.54) is 0 Å². The number of aromatic nitrogens is 3. The summed E-state index contributed by atoms with van der Waals surface area (Å²) in [5, 5.41) is 5.10. The van der Waals surface area contributed by atoms with Gasteiger partial charge in [0.2, 0.25) is 11.7 Å². The summed E-state index contributed by atoms with van der Waals surface area (Å²) < 4.78 is 6.17. The number of nitrogens with two attached hydrogens (primary N) is 1. The molecule has 1 unspecified atom stereocenters. The van der Waals surface area contributed by atoms with Crippen LogP contribution >= 0.6 is 15.9 Å². The highest BCUT2D eigenvalue weighted by Crippen LogP contribution is 2.29. The number of benzene rings is 1. The Kier molecular flexibility index (Phi) is 3.98. The maximum absolute atomic E-state index is 5.71. The molecule has 0 amide bonds. The SMILES string of the molecule is CCC(CN)c1nc(-c2nc3ccccc3cc2Br)no1. The summed E-state index contributed by atoms with van der Waals surface area (Å²) in [7, 11) is 0. The van der Waals surface area contributed by atoms with Gasteiger partial charge in [0.1, 0.15) is 5.69 Å². The van der Waals surface area contributed by atoms with Crippen LogP contribution in [0, 0.1) is 0 Å². The first-order chi connectivity index (χ1) is 10.2. The van der Waals surface area contributed by atoms with E-state index in [0.717, 1.165) is 21.8 Å². The number of halogens is 1. The van der Waals surface area contributed by atoms with Crippen molar-refractivity contribution >= 4 is 26.8 Å². The molecule has 0 saturated heterocycles. The van der Waals surface area contributed by atoms with Gasteiger partial charge in [-0.1, -0.05) is 30.3 Å². The summed E-state index contributed by atoms with van der Waals surface area (Å²) in [6.07, 6.45) is 0.866. The second-order valence-corrected chi connectivity index (χ2v) is 5.66. The van der Waals surface area contributed by atoms with Gasteiger partial charge in [0.15, 0.2) is 0 Å². The fraction of sp³-hybridized carbons (Fsp3) is 0.267. The summed E-state index contributed by atoms with van der Waals surface area (Å²) in [5.74, 6) is 1.14. The molecule has 0 spiro atoms. The van der Waals surface area contributed by atoms with Crippen LogP contribution in [0.25, 0.3) is 22.4 Å². The molecular formula is C15H15BrN4O. The molecule has 6 heteroatoms. The molecule has 1 atom stereocenters. The fourth-order valence-electron chi connectivity index (χ4n) is 2.19. The van der Waals surface area contributed by atoms with E-state index < -0.39 is 0 Å². The Bertz CT molecular complexity index is 767. The molecule has 3 aromatic rings. The number of rotatable bonds is 4. The lowest BCUT2D eigenvalue weighted by Crippen LogP contribution is -2.11. The molecule has 21 heavy (non-hydrogen) atoms. The van der Waals surface area contributed by atoms with Crippen molar-refractivity contribution in [1.29, 1.82) is 0 Å². The van der Waals surface area contributed by atoms with Crippen molar-refractivity contribution in [1.82, 2.24) is 15.1 Å². The molecule has 0 aliphatic heterocycles. The lowest BCUT2D eigenvalue weighted by Gasteiger charge is -2.04. The molecule has 2 aromatic heterocycles. The molecule has 1 aromatic carbocycles. The molecule has 3 rings (SSSR count). The van der Waals surface area contributed by atoms with Crippen LogP contribution in [-0.2, 0) is 0 Å². The van der Waals surface area contributed by atoms with Crippen LogP contribution in [0.3, 0.4) is 0 Å². The zero-order valence-electron chi connectivity index (χ0n) is 11.6. The third-order valence-corrected chi connectivity index (χ3v) is 4.06. The summed E-state index contributed by atoms with van der Waals surface area (Å²) >= 11 is 3.53. The van der Waals surface area contributed by atoms with Crippen LogP contribution in [0.5, 0.6) is 0 Å². The van der Waals surface area contributed by atoms with Gasteiger partial charge in [-0.2, -0.15) is 4.98 Å². The molecule has 108 valence electrons. The highest BCUT2D eigenvalue weighted by molar-refractivity contribution is 9.10. The standard InChI is InChI=1S/C15H15BrN4O/c1-2-9(8-17)15-19-14(20-21-15)13-11(16)7-10-5-3-4-6-12(10)18-13/h3-7,9H,2,8,17H2,1H3. The molecule has 2 N–H and O–H groups in total. The van der Waals surface area contributed by atoms with Gasteiger partial charge in [-0.3, -0.25) is 0 Å². The Morgan fingerprint density at radius 3 is 2.86 bits per heavy atom. The minimum atomic E-state index is 0.0884. The van der Waals surface area contributed by atoms with Crippen LogP contribution < -0.4 is 5.73 Å². The topological polar surface area (TPSA) is 77.8 Å². The maximum Gasteiger partial charge on any atom is 0.231 e. The molecule has 0 saturated carbocycles. The maximum atomic E-state index is 5.71. The van der Waals surface area contributed by atoms with E-state index in [4.69, 9.17) is 10.3 Å². The minimum absolute atomic E-state index is 0.0884. The Labute approximate surface area is 130 Å². The molecule has 0 aliphatic rings. The summed E-state index contributed by atoms with van der Waals surface area (Å²) in [6.45, 7) is 2.54. The van der Waals surface area contributed by atoms with Crippen LogP contribution in [0.2, 0.25) is 0 Å². The van der Waals surface area contributed by atoms with Gasteiger partial charge in [0.25, 0.3) is 0 Å². The van der Waals surface area contributed by atoms with Crippen molar-refractivity contribution in [3.63, 3.8) is 0 Å². The first kappa shape index (κ1) is 14.2. The zero-order valence-corrected chi connectivity index (χ0v) is 13.2. The summed E-state index contributed by atoms with van der Waals surface area (Å²) in [5.41, 5.74) is 7.29. The number of para-hydroxylation sites is 1. The lowest BCUT2D eigenvalue weighted by molar-refractivity contribution is 0.351. The first-order valence-electron chi connectivity index (χ1n) is 6.82. The fourth-order valence-corrected chi connectivity index (χ4v) is 2.70. The van der Waals surface area contributed by atoms with Crippen LogP contribution in [0.4, 0.5) is 0 Å². The second-order valence-electron chi connectivity index (χ2n) is 4.81. The summed E-state index contributed by atoms with van der Waals surface area (Å²) in [6, 6.07) is 9.92. The predicted octanol–water partition coefficient (Wildman–Crippen LogP) is 3.50. The first-order valence-corrected chi connectivity index (χ1v) is 7.61. The van der Waals surface area contributed by atoms with Crippen molar-refractivity contribution in [2.24, 2.45) is 5.73 Å². The second kappa shape index (κ2) is 5.91. The van der Waals surface area contributed by atoms with E-state index in [9.17, 15) is 0 Å². The molecule has 0 bridgehead atoms. The molecule has 5 nitrogen and oxygen atoms in total. The van der Waals surface area contributed by atoms with Gasteiger partial charge < -0.3 is 10.3 Å². The molecule has 2 heterocycles. The van der Waals surface area contributed by atoms with E-state index in [2.05, 4.69) is 31.1 Å². The number of hydrogen-bond donors (Lipinski definition) is 1. The van der Waals surface area contributed by atoms with Gasteiger partial charge in [-0.25, -0.2) is 4.98 Å². The lowest BCUT2D eigenvalue weighted by atomic mass is 10.1.